The molecule has 1 aliphatic rings. The standard InChI is InChI=1S/C16H17N3O4S/c1-11-14(24-10-17-11)13(12-5-3-2-4-6-12)18-15(20)16(7-8-16)9-23-19(21)22/h2-6,10,13H,7-9H2,1H3,(H,18,20)/t13-/m1/s1. The smallest absolute Gasteiger partial charge is 0.294 e. The molecule has 7 nitrogen and oxygen atoms in total. The fourth-order valence-electron chi connectivity index (χ4n) is 2.58. The molecule has 1 N–H and O–H groups in total. The zero-order valence-corrected chi connectivity index (χ0v) is 13.9. The number of benzene rings is 1. The Labute approximate surface area is 142 Å². The van der Waals surface area contributed by atoms with E-state index in [1.165, 1.54) is 11.3 Å². The minimum atomic E-state index is -0.852. The predicted octanol–water partition coefficient (Wildman–Crippen LogP) is 2.65. The molecular weight excluding hydrogens is 330 g/mol. The topological polar surface area (TPSA) is 94.4 Å². The largest absolute Gasteiger partial charge is 0.344 e. The van der Waals surface area contributed by atoms with E-state index in [-0.39, 0.29) is 18.6 Å². The molecule has 24 heavy (non-hydrogen) atoms. The van der Waals surface area contributed by atoms with Gasteiger partial charge in [-0.15, -0.1) is 21.5 Å². The minimum absolute atomic E-state index is 0.199. The Kier molecular flexibility index (Phi) is 4.48. The second-order valence-corrected chi connectivity index (χ2v) is 6.78. The molecule has 1 fully saturated rings. The first-order valence-corrected chi connectivity index (χ1v) is 8.43. The van der Waals surface area contributed by atoms with Gasteiger partial charge in [0.1, 0.15) is 6.61 Å². The van der Waals surface area contributed by atoms with Gasteiger partial charge >= 0.3 is 0 Å². The first-order valence-electron chi connectivity index (χ1n) is 7.55. The fourth-order valence-corrected chi connectivity index (χ4v) is 3.46. The molecule has 1 aromatic heterocycles. The Morgan fingerprint density at radius 2 is 2.17 bits per heavy atom. The normalized spacial score (nSPS) is 16.2. The summed E-state index contributed by atoms with van der Waals surface area (Å²) < 4.78 is 0. The summed E-state index contributed by atoms with van der Waals surface area (Å²) in [7, 11) is 0. The van der Waals surface area contributed by atoms with Crippen LogP contribution in [0.5, 0.6) is 0 Å². The SMILES string of the molecule is Cc1ncsc1[C@H](NC(=O)C1(CO[N+](=O)[O-])CC1)c1ccccc1. The highest BCUT2D eigenvalue weighted by atomic mass is 32.1. The van der Waals surface area contributed by atoms with E-state index in [2.05, 4.69) is 15.1 Å². The number of aromatic nitrogens is 1. The molecule has 0 saturated heterocycles. The molecule has 0 radical (unpaired) electrons. The fraction of sp³-hybridized carbons (Fsp3) is 0.375. The first kappa shape index (κ1) is 16.4. The van der Waals surface area contributed by atoms with E-state index in [1.54, 1.807) is 5.51 Å². The van der Waals surface area contributed by atoms with E-state index in [0.29, 0.717) is 12.8 Å². The second-order valence-electron chi connectivity index (χ2n) is 5.90. The van der Waals surface area contributed by atoms with Gasteiger partial charge in [0.25, 0.3) is 5.09 Å². The zero-order chi connectivity index (χ0) is 17.2. The van der Waals surface area contributed by atoms with Gasteiger partial charge in [0.2, 0.25) is 5.91 Å². The maximum absolute atomic E-state index is 12.7. The first-order chi connectivity index (χ1) is 11.5. The van der Waals surface area contributed by atoms with Crippen molar-refractivity contribution in [2.24, 2.45) is 5.41 Å². The molecule has 0 unspecified atom stereocenters. The van der Waals surface area contributed by atoms with Crippen molar-refractivity contribution >= 4 is 17.2 Å². The molecule has 1 saturated carbocycles. The van der Waals surface area contributed by atoms with Gasteiger partial charge in [-0.05, 0) is 25.3 Å². The van der Waals surface area contributed by atoms with Crippen LogP contribution in [0.1, 0.15) is 35.0 Å². The molecule has 126 valence electrons. The maximum atomic E-state index is 12.7. The third-order valence-corrected chi connectivity index (χ3v) is 5.23. The summed E-state index contributed by atoms with van der Waals surface area (Å²) in [6, 6.07) is 9.30. The van der Waals surface area contributed by atoms with Crippen molar-refractivity contribution in [1.29, 1.82) is 0 Å². The quantitative estimate of drug-likeness (QED) is 0.614. The lowest BCUT2D eigenvalue weighted by Gasteiger charge is -2.22. The Hall–Kier alpha value is -2.48. The number of carbonyl (C=O) groups excluding carboxylic acids is 1. The summed E-state index contributed by atoms with van der Waals surface area (Å²) in [6.07, 6.45) is 1.19. The molecular formula is C16H17N3O4S. The van der Waals surface area contributed by atoms with Crippen LogP contribution < -0.4 is 5.32 Å². The summed E-state index contributed by atoms with van der Waals surface area (Å²) in [5.74, 6) is -0.217. The highest BCUT2D eigenvalue weighted by Gasteiger charge is 2.51. The predicted molar refractivity (Wildman–Crippen MR) is 87.9 cm³/mol. The third kappa shape index (κ3) is 3.38. The van der Waals surface area contributed by atoms with E-state index in [9.17, 15) is 14.9 Å². The van der Waals surface area contributed by atoms with Crippen LogP contribution in [-0.2, 0) is 9.63 Å². The molecule has 0 bridgehead atoms. The van der Waals surface area contributed by atoms with Crippen molar-refractivity contribution in [3.63, 3.8) is 0 Å². The average molecular weight is 347 g/mol. The van der Waals surface area contributed by atoms with Gasteiger partial charge in [-0.1, -0.05) is 30.3 Å². The zero-order valence-electron chi connectivity index (χ0n) is 13.1. The Bertz CT molecular complexity index is 743. The minimum Gasteiger partial charge on any atom is -0.344 e. The Balaban J connectivity index is 1.81. The second kappa shape index (κ2) is 6.56. The number of nitrogens with zero attached hydrogens (tertiary/aromatic N) is 2. The summed E-state index contributed by atoms with van der Waals surface area (Å²) in [6.45, 7) is 1.70. The number of amides is 1. The number of aryl methyl sites for hydroxylation is 1. The molecule has 1 amide bonds. The van der Waals surface area contributed by atoms with Gasteiger partial charge in [0, 0.05) is 0 Å². The molecule has 0 spiro atoms. The van der Waals surface area contributed by atoms with E-state index in [4.69, 9.17) is 0 Å². The van der Waals surface area contributed by atoms with Crippen LogP contribution in [-0.4, -0.2) is 22.6 Å². The van der Waals surface area contributed by atoms with E-state index in [1.807, 2.05) is 37.3 Å². The number of hydrogen-bond donors (Lipinski definition) is 1. The van der Waals surface area contributed by atoms with Crippen LogP contribution in [0.3, 0.4) is 0 Å². The lowest BCUT2D eigenvalue weighted by Crippen LogP contribution is -2.38. The van der Waals surface area contributed by atoms with Crippen molar-refractivity contribution in [2.45, 2.75) is 25.8 Å². The van der Waals surface area contributed by atoms with Crippen LogP contribution in [0.2, 0.25) is 0 Å². The highest BCUT2D eigenvalue weighted by Crippen LogP contribution is 2.47. The summed E-state index contributed by atoms with van der Waals surface area (Å²) in [4.78, 5) is 32.8. The average Bonchev–Trinajstić information content (AvgIpc) is 3.27. The summed E-state index contributed by atoms with van der Waals surface area (Å²) in [5, 5.41) is 12.6. The van der Waals surface area contributed by atoms with Gasteiger partial charge in [-0.25, -0.2) is 4.98 Å². The van der Waals surface area contributed by atoms with Crippen molar-refractivity contribution in [1.82, 2.24) is 10.3 Å². The van der Waals surface area contributed by atoms with Crippen LogP contribution in [0, 0.1) is 22.5 Å². The number of thiazole rings is 1. The van der Waals surface area contributed by atoms with E-state index in [0.717, 1.165) is 16.1 Å². The maximum Gasteiger partial charge on any atom is 0.294 e. The van der Waals surface area contributed by atoms with Gasteiger partial charge in [-0.2, -0.15) is 0 Å². The molecule has 0 aliphatic heterocycles. The Morgan fingerprint density at radius 3 is 2.71 bits per heavy atom. The van der Waals surface area contributed by atoms with Gasteiger partial charge in [0.15, 0.2) is 0 Å². The molecule has 1 aliphatic carbocycles. The number of hydrogen-bond acceptors (Lipinski definition) is 6. The van der Waals surface area contributed by atoms with Crippen LogP contribution in [0.15, 0.2) is 35.8 Å². The lowest BCUT2D eigenvalue weighted by molar-refractivity contribution is -0.759. The van der Waals surface area contributed by atoms with Gasteiger partial charge < -0.3 is 10.2 Å². The summed E-state index contributed by atoms with van der Waals surface area (Å²) in [5.41, 5.74) is 2.76. The van der Waals surface area contributed by atoms with Crippen LogP contribution in [0.25, 0.3) is 0 Å². The lowest BCUT2D eigenvalue weighted by atomic mass is 10.0. The van der Waals surface area contributed by atoms with Crippen molar-refractivity contribution in [3.05, 3.63) is 62.1 Å². The van der Waals surface area contributed by atoms with E-state index < -0.39 is 10.5 Å². The van der Waals surface area contributed by atoms with Gasteiger partial charge in [-0.3, -0.25) is 4.79 Å². The molecule has 8 heteroatoms. The van der Waals surface area contributed by atoms with Gasteiger partial charge in [0.05, 0.1) is 27.5 Å². The van der Waals surface area contributed by atoms with Crippen LogP contribution in [0.4, 0.5) is 0 Å². The number of rotatable bonds is 7. The molecule has 1 heterocycles. The van der Waals surface area contributed by atoms with Crippen LogP contribution >= 0.6 is 11.3 Å². The third-order valence-electron chi connectivity index (χ3n) is 4.23. The van der Waals surface area contributed by atoms with Crippen molar-refractivity contribution in [3.8, 4) is 0 Å². The van der Waals surface area contributed by atoms with Crippen molar-refractivity contribution in [2.75, 3.05) is 6.61 Å². The molecule has 2 aromatic rings. The Morgan fingerprint density at radius 1 is 1.46 bits per heavy atom. The molecule has 1 atom stereocenters. The summed E-state index contributed by atoms with van der Waals surface area (Å²) >= 11 is 1.48. The molecule has 3 rings (SSSR count). The molecule has 1 aromatic carbocycles. The van der Waals surface area contributed by atoms with E-state index >= 15 is 0 Å². The van der Waals surface area contributed by atoms with Crippen molar-refractivity contribution < 1.29 is 14.7 Å². The number of carbonyl (C=O) groups is 1. The monoisotopic (exact) mass is 347 g/mol. The number of nitrogens with one attached hydrogen (secondary N) is 1. The highest BCUT2D eigenvalue weighted by molar-refractivity contribution is 7.09.